The highest BCUT2D eigenvalue weighted by molar-refractivity contribution is 9.10. The Morgan fingerprint density at radius 2 is 2.13 bits per heavy atom. The van der Waals surface area contributed by atoms with Crippen molar-refractivity contribution in [3.05, 3.63) is 38.2 Å². The highest BCUT2D eigenvalue weighted by Gasteiger charge is 2.06. The lowest BCUT2D eigenvalue weighted by atomic mass is 10.4. The Balaban J connectivity index is 2.27. The Hall–Kier alpha value is 0.260. The number of hydrogen-bond acceptors (Lipinski definition) is 3. The third-order valence-corrected chi connectivity index (χ3v) is 4.93. The second kappa shape index (κ2) is 5.06. The quantitative estimate of drug-likeness (QED) is 0.729. The molecule has 0 saturated heterocycles. The summed E-state index contributed by atoms with van der Waals surface area (Å²) in [5, 5.41) is 3.30. The molecule has 78 valence electrons. The third-order valence-electron chi connectivity index (χ3n) is 1.55. The van der Waals surface area contributed by atoms with E-state index in [0.717, 1.165) is 13.8 Å². The lowest BCUT2D eigenvalue weighted by Crippen LogP contribution is -1.75. The molecule has 1 heterocycles. The van der Waals surface area contributed by atoms with Crippen molar-refractivity contribution in [2.75, 3.05) is 0 Å². The van der Waals surface area contributed by atoms with Gasteiger partial charge in [0.2, 0.25) is 0 Å². The van der Waals surface area contributed by atoms with Gasteiger partial charge in [-0.2, -0.15) is 0 Å². The van der Waals surface area contributed by atoms with Gasteiger partial charge in [0, 0.05) is 15.3 Å². The van der Waals surface area contributed by atoms with Gasteiger partial charge in [-0.05, 0) is 34.1 Å². The van der Waals surface area contributed by atoms with Gasteiger partial charge in [0.25, 0.3) is 0 Å². The largest absolute Gasteiger partial charge is 0.222 e. The fourth-order valence-corrected chi connectivity index (χ4v) is 3.79. The van der Waals surface area contributed by atoms with Crippen molar-refractivity contribution in [3.63, 3.8) is 0 Å². The summed E-state index contributed by atoms with van der Waals surface area (Å²) >= 11 is 18.3. The van der Waals surface area contributed by atoms with Crippen molar-refractivity contribution < 1.29 is 0 Å². The number of benzene rings is 1. The topological polar surface area (TPSA) is 12.9 Å². The third kappa shape index (κ3) is 3.11. The molecule has 0 aliphatic heterocycles. The highest BCUT2D eigenvalue weighted by atomic mass is 79.9. The fraction of sp³-hybridized carbons (Fsp3) is 0. The Morgan fingerprint density at radius 1 is 1.33 bits per heavy atom. The number of halogens is 3. The first-order chi connectivity index (χ1) is 7.15. The molecule has 1 aromatic carbocycles. The van der Waals surface area contributed by atoms with Crippen LogP contribution in [0.15, 0.2) is 37.4 Å². The molecule has 6 heteroatoms. The van der Waals surface area contributed by atoms with E-state index in [9.17, 15) is 0 Å². The van der Waals surface area contributed by atoms with Gasteiger partial charge in [-0.25, -0.2) is 4.98 Å². The van der Waals surface area contributed by atoms with E-state index in [1.54, 1.807) is 23.5 Å². The first kappa shape index (κ1) is 11.7. The summed E-state index contributed by atoms with van der Waals surface area (Å²) in [6.45, 7) is 0. The average molecular weight is 341 g/mol. The molecule has 0 atom stereocenters. The lowest BCUT2D eigenvalue weighted by Gasteiger charge is -2.01. The summed E-state index contributed by atoms with van der Waals surface area (Å²) in [6.07, 6.45) is 0. The highest BCUT2D eigenvalue weighted by Crippen LogP contribution is 2.37. The van der Waals surface area contributed by atoms with E-state index in [0.29, 0.717) is 10.0 Å². The van der Waals surface area contributed by atoms with Crippen LogP contribution in [0.3, 0.4) is 0 Å². The zero-order chi connectivity index (χ0) is 10.8. The molecule has 0 spiro atoms. The standard InChI is InChI=1S/C9H4BrCl2NS2/c10-8-4-14-9(13-8)15-7-3-5(11)1-2-6(7)12/h1-4H. The maximum absolute atomic E-state index is 6.04. The molecule has 2 aromatic rings. The SMILES string of the molecule is Clc1ccc(Cl)c(Sc2nc(Br)cs2)c1. The van der Waals surface area contributed by atoms with Crippen LogP contribution in [0.5, 0.6) is 0 Å². The van der Waals surface area contributed by atoms with Crippen molar-refractivity contribution in [2.45, 2.75) is 9.24 Å². The number of nitrogens with zero attached hydrogens (tertiary/aromatic N) is 1. The number of thiazole rings is 1. The molecular weight excluding hydrogens is 337 g/mol. The van der Waals surface area contributed by atoms with Gasteiger partial charge in [-0.1, -0.05) is 35.0 Å². The molecule has 2 rings (SSSR count). The molecule has 1 nitrogen and oxygen atoms in total. The predicted molar refractivity (Wildman–Crippen MR) is 70.4 cm³/mol. The van der Waals surface area contributed by atoms with Crippen molar-refractivity contribution in [2.24, 2.45) is 0 Å². The first-order valence-corrected chi connectivity index (χ1v) is 7.13. The van der Waals surface area contributed by atoms with Gasteiger partial charge < -0.3 is 0 Å². The van der Waals surface area contributed by atoms with Gasteiger partial charge in [0.15, 0.2) is 4.34 Å². The summed E-state index contributed by atoms with van der Waals surface area (Å²) in [4.78, 5) is 5.20. The first-order valence-electron chi connectivity index (χ1n) is 3.89. The Bertz CT molecular complexity index is 487. The van der Waals surface area contributed by atoms with Crippen LogP contribution < -0.4 is 0 Å². The van der Waals surface area contributed by atoms with Crippen LogP contribution >= 0.6 is 62.2 Å². The van der Waals surface area contributed by atoms with Gasteiger partial charge in [0.1, 0.15) is 4.60 Å². The molecule has 0 aliphatic carbocycles. The van der Waals surface area contributed by atoms with E-state index < -0.39 is 0 Å². The second-order valence-electron chi connectivity index (χ2n) is 2.61. The Labute approximate surface area is 114 Å². The smallest absolute Gasteiger partial charge is 0.156 e. The van der Waals surface area contributed by atoms with E-state index >= 15 is 0 Å². The molecule has 0 radical (unpaired) electrons. The molecule has 0 unspecified atom stereocenters. The van der Waals surface area contributed by atoms with E-state index in [2.05, 4.69) is 20.9 Å². The van der Waals surface area contributed by atoms with E-state index in [-0.39, 0.29) is 0 Å². The van der Waals surface area contributed by atoms with Crippen molar-refractivity contribution in [1.82, 2.24) is 4.98 Å². The zero-order valence-electron chi connectivity index (χ0n) is 7.21. The normalized spacial score (nSPS) is 10.6. The Morgan fingerprint density at radius 3 is 2.80 bits per heavy atom. The number of hydrogen-bond donors (Lipinski definition) is 0. The zero-order valence-corrected chi connectivity index (χ0v) is 11.9. The molecular formula is C9H4BrCl2NS2. The van der Waals surface area contributed by atoms with E-state index in [4.69, 9.17) is 23.2 Å². The number of aromatic nitrogens is 1. The van der Waals surface area contributed by atoms with Crippen LogP contribution in [-0.4, -0.2) is 4.98 Å². The maximum atomic E-state index is 6.04. The summed E-state index contributed by atoms with van der Waals surface area (Å²) in [7, 11) is 0. The van der Waals surface area contributed by atoms with Gasteiger partial charge in [-0.15, -0.1) is 11.3 Å². The molecule has 1 aromatic heterocycles. The van der Waals surface area contributed by atoms with Crippen LogP contribution in [0.1, 0.15) is 0 Å². The van der Waals surface area contributed by atoms with Crippen LogP contribution in [0.4, 0.5) is 0 Å². The molecule has 0 amide bonds. The molecule has 0 aliphatic rings. The molecule has 0 bridgehead atoms. The van der Waals surface area contributed by atoms with E-state index in [1.807, 2.05) is 11.4 Å². The number of rotatable bonds is 2. The summed E-state index contributed by atoms with van der Waals surface area (Å²) in [5.41, 5.74) is 0. The van der Waals surface area contributed by atoms with Crippen LogP contribution in [0.2, 0.25) is 10.0 Å². The van der Waals surface area contributed by atoms with Gasteiger partial charge in [-0.3, -0.25) is 0 Å². The minimum absolute atomic E-state index is 0.678. The Kier molecular flexibility index (Phi) is 3.96. The van der Waals surface area contributed by atoms with Crippen molar-refractivity contribution in [1.29, 1.82) is 0 Å². The van der Waals surface area contributed by atoms with Gasteiger partial charge in [0.05, 0.1) is 5.02 Å². The van der Waals surface area contributed by atoms with Gasteiger partial charge >= 0.3 is 0 Å². The monoisotopic (exact) mass is 339 g/mol. The van der Waals surface area contributed by atoms with Crippen LogP contribution in [0.25, 0.3) is 0 Å². The minimum atomic E-state index is 0.678. The van der Waals surface area contributed by atoms with Crippen LogP contribution in [-0.2, 0) is 0 Å². The lowest BCUT2D eigenvalue weighted by molar-refractivity contribution is 1.21. The summed E-state index contributed by atoms with van der Waals surface area (Å²) < 4.78 is 1.78. The predicted octanol–water partition coefficient (Wildman–Crippen LogP) is 5.36. The fourth-order valence-electron chi connectivity index (χ4n) is 0.935. The summed E-state index contributed by atoms with van der Waals surface area (Å²) in [5.74, 6) is 0. The second-order valence-corrected chi connectivity index (χ2v) is 6.42. The summed E-state index contributed by atoms with van der Waals surface area (Å²) in [6, 6.07) is 5.39. The molecule has 0 N–H and O–H groups in total. The van der Waals surface area contributed by atoms with Crippen molar-refractivity contribution >= 4 is 62.2 Å². The molecule has 15 heavy (non-hydrogen) atoms. The van der Waals surface area contributed by atoms with Crippen LogP contribution in [0, 0.1) is 0 Å². The van der Waals surface area contributed by atoms with E-state index in [1.165, 1.54) is 11.8 Å². The van der Waals surface area contributed by atoms with Crippen molar-refractivity contribution in [3.8, 4) is 0 Å². The maximum Gasteiger partial charge on any atom is 0.156 e. The molecule has 0 fully saturated rings. The molecule has 0 saturated carbocycles. The minimum Gasteiger partial charge on any atom is -0.222 e. The average Bonchev–Trinajstić information content (AvgIpc) is 2.58.